The molecule has 11 heteroatoms. The molecule has 3 N–H and O–H groups in total. The number of amides is 2. The summed E-state index contributed by atoms with van der Waals surface area (Å²) in [7, 11) is 0. The molecule has 0 heterocycles. The molecule has 348 valence electrons. The van der Waals surface area contributed by atoms with Crippen LogP contribution in [0.3, 0.4) is 0 Å². The number of benzene rings is 4. The number of carbonyl (C=O) groups excluding carboxylic acids is 2. The first-order valence-electron chi connectivity index (χ1n) is 22.7. The lowest BCUT2D eigenvalue weighted by atomic mass is 9.64. The van der Waals surface area contributed by atoms with Gasteiger partial charge in [-0.2, -0.15) is 0 Å². The molecule has 0 aromatic heterocycles. The van der Waals surface area contributed by atoms with E-state index in [2.05, 4.69) is 41.8 Å². The molecule has 2 fully saturated rings. The van der Waals surface area contributed by atoms with Crippen LogP contribution < -0.4 is 10.6 Å². The van der Waals surface area contributed by atoms with Crippen molar-refractivity contribution in [3.8, 4) is 0 Å². The smallest absolute Gasteiger partial charge is 0.217 e. The van der Waals surface area contributed by atoms with Crippen LogP contribution in [0.5, 0.6) is 0 Å². The first-order valence-corrected chi connectivity index (χ1v) is 22.7. The van der Waals surface area contributed by atoms with Crippen molar-refractivity contribution in [1.82, 2.24) is 10.6 Å². The third-order valence-corrected chi connectivity index (χ3v) is 13.9. The van der Waals surface area contributed by atoms with E-state index < -0.39 is 32.2 Å². The van der Waals surface area contributed by atoms with E-state index in [4.69, 9.17) is 9.47 Å². The van der Waals surface area contributed by atoms with Crippen LogP contribution in [0.25, 0.3) is 0 Å². The maximum atomic E-state index is 13.2. The van der Waals surface area contributed by atoms with Gasteiger partial charge in [0.1, 0.15) is 26.7 Å². The predicted molar refractivity (Wildman–Crippen MR) is 245 cm³/mol. The topological polar surface area (TPSA) is 96.9 Å². The van der Waals surface area contributed by atoms with Gasteiger partial charge in [-0.1, -0.05) is 104 Å². The van der Waals surface area contributed by atoms with Crippen molar-refractivity contribution in [3.63, 3.8) is 0 Å². The van der Waals surface area contributed by atoms with Crippen LogP contribution in [0.2, 0.25) is 0 Å². The van der Waals surface area contributed by atoms with Crippen LogP contribution in [0.15, 0.2) is 97.1 Å². The van der Waals surface area contributed by atoms with Crippen molar-refractivity contribution in [2.75, 3.05) is 19.8 Å². The Morgan fingerprint density at radius 2 is 0.891 bits per heavy atom. The summed E-state index contributed by atoms with van der Waals surface area (Å²) in [5, 5.41) is 16.1. The molecule has 64 heavy (non-hydrogen) atoms. The summed E-state index contributed by atoms with van der Waals surface area (Å²) in [6, 6.07) is 30.6. The lowest BCUT2D eigenvalue weighted by Crippen LogP contribution is -2.55. The number of aliphatic hydroxyl groups is 1. The van der Waals surface area contributed by atoms with E-state index in [0.29, 0.717) is 48.3 Å². The summed E-state index contributed by atoms with van der Waals surface area (Å²) in [6.07, 6.45) is 6.63. The maximum Gasteiger partial charge on any atom is 0.217 e. The molecule has 4 aromatic carbocycles. The van der Waals surface area contributed by atoms with Gasteiger partial charge < -0.3 is 25.2 Å². The van der Waals surface area contributed by atoms with Crippen molar-refractivity contribution in [2.45, 2.75) is 153 Å². The first kappa shape index (κ1) is 50.4. The van der Waals surface area contributed by atoms with Crippen molar-refractivity contribution >= 4 is 11.8 Å². The van der Waals surface area contributed by atoms with E-state index in [1.807, 2.05) is 50.2 Å². The zero-order valence-electron chi connectivity index (χ0n) is 38.3. The standard InChI is InChI=1S/C27H35F2NO2.C26H33F2NO3/c1-4-27(30-21(3)31)12-10-26(11-13-27,25-8-6-5-7-9-25)19-32-20(2)24-15-22(17-28)14-23(16-24)18-29;1-19(23-13-21(15-27)12-22(14-23)16-28)32-18-25(24-6-4-3-5-7-24)8-10-26(17-30,11-9-25)29-20(2)31/h5-9,14-16,20H,4,10-13,17-19H2,1-3H3,(H,30,31);3-7,12-14,19,30H,8-11,15-18H2,1-2H3,(H,29,31)/t20-,26?,27?;19-,25?,26?/m11/s1. The second kappa shape index (κ2) is 23.0. The van der Waals surface area contributed by atoms with E-state index in [0.717, 1.165) is 61.6 Å². The summed E-state index contributed by atoms with van der Waals surface area (Å²) < 4.78 is 65.6. The molecule has 0 spiro atoms. The van der Waals surface area contributed by atoms with Gasteiger partial charge in [0.25, 0.3) is 0 Å². The largest absolute Gasteiger partial charge is 0.394 e. The van der Waals surface area contributed by atoms with Gasteiger partial charge in [0.2, 0.25) is 11.8 Å². The molecule has 2 saturated carbocycles. The third kappa shape index (κ3) is 12.8. The van der Waals surface area contributed by atoms with Crippen LogP contribution in [0, 0.1) is 0 Å². The van der Waals surface area contributed by atoms with Crippen LogP contribution in [0.1, 0.15) is 149 Å². The Balaban J connectivity index is 0.000000241. The zero-order chi connectivity index (χ0) is 46.4. The van der Waals surface area contributed by atoms with Gasteiger partial charge in [0, 0.05) is 30.2 Å². The van der Waals surface area contributed by atoms with Gasteiger partial charge in [-0.25, -0.2) is 17.6 Å². The van der Waals surface area contributed by atoms with Gasteiger partial charge in [-0.3, -0.25) is 9.59 Å². The molecule has 0 unspecified atom stereocenters. The molecule has 2 amide bonds. The molecule has 2 aliphatic rings. The zero-order valence-corrected chi connectivity index (χ0v) is 38.3. The van der Waals surface area contributed by atoms with Crippen LogP contribution in [-0.2, 0) is 56.6 Å². The highest BCUT2D eigenvalue weighted by Gasteiger charge is 2.45. The number of ether oxygens (including phenoxy) is 2. The number of halogens is 4. The highest BCUT2D eigenvalue weighted by Crippen LogP contribution is 2.46. The van der Waals surface area contributed by atoms with E-state index >= 15 is 0 Å². The molecule has 0 bridgehead atoms. The van der Waals surface area contributed by atoms with E-state index in [-0.39, 0.29) is 47.0 Å². The number of hydrogen-bond acceptors (Lipinski definition) is 5. The number of nitrogens with one attached hydrogen (secondary N) is 2. The second-order valence-electron chi connectivity index (χ2n) is 18.3. The lowest BCUT2D eigenvalue weighted by Gasteiger charge is -2.47. The molecule has 4 aromatic rings. The summed E-state index contributed by atoms with van der Waals surface area (Å²) in [4.78, 5) is 23.5. The minimum absolute atomic E-state index is 0.0142. The Kier molecular flexibility index (Phi) is 18.2. The highest BCUT2D eigenvalue weighted by atomic mass is 19.1. The molecule has 0 radical (unpaired) electrons. The minimum atomic E-state index is -0.645. The Labute approximate surface area is 377 Å². The molecule has 6 rings (SSSR count). The number of rotatable bonds is 18. The Hall–Kier alpha value is -4.58. The number of aliphatic hydroxyl groups excluding tert-OH is 1. The highest BCUT2D eigenvalue weighted by molar-refractivity contribution is 5.74. The van der Waals surface area contributed by atoms with Crippen molar-refractivity contribution in [2.24, 2.45) is 0 Å². The van der Waals surface area contributed by atoms with Crippen molar-refractivity contribution in [3.05, 3.63) is 142 Å². The molecule has 2 aliphatic carbocycles. The lowest BCUT2D eigenvalue weighted by molar-refractivity contribution is -0.123. The first-order chi connectivity index (χ1) is 30.7. The van der Waals surface area contributed by atoms with Gasteiger partial charge in [0.15, 0.2) is 0 Å². The second-order valence-corrected chi connectivity index (χ2v) is 18.3. The normalized spacial score (nSPS) is 24.2. The minimum Gasteiger partial charge on any atom is -0.394 e. The number of hydrogen-bond donors (Lipinski definition) is 3. The molecule has 0 saturated heterocycles. The third-order valence-electron chi connectivity index (χ3n) is 13.9. The molecule has 7 nitrogen and oxygen atoms in total. The number of carbonyl (C=O) groups is 2. The Bertz CT molecular complexity index is 1890. The molecule has 2 atom stereocenters. The van der Waals surface area contributed by atoms with Crippen molar-refractivity contribution in [1.29, 1.82) is 0 Å². The van der Waals surface area contributed by atoms with Crippen LogP contribution in [-0.4, -0.2) is 47.8 Å². The fourth-order valence-electron chi connectivity index (χ4n) is 9.79. The van der Waals surface area contributed by atoms with E-state index in [1.54, 1.807) is 43.3 Å². The fraction of sp³-hybridized carbons (Fsp3) is 0.509. The van der Waals surface area contributed by atoms with E-state index in [1.165, 1.54) is 12.5 Å². The van der Waals surface area contributed by atoms with Gasteiger partial charge in [0.05, 0.1) is 37.6 Å². The van der Waals surface area contributed by atoms with Crippen molar-refractivity contribution < 1.29 is 41.7 Å². The summed E-state index contributed by atoms with van der Waals surface area (Å²) in [5.41, 5.74) is 4.59. The average Bonchev–Trinajstić information content (AvgIpc) is 3.33. The molecular formula is C53H68F4N2O5. The van der Waals surface area contributed by atoms with Crippen LogP contribution >= 0.6 is 0 Å². The Morgan fingerprint density at radius 1 is 0.562 bits per heavy atom. The molecule has 0 aliphatic heterocycles. The summed E-state index contributed by atoms with van der Waals surface area (Å²) in [5.74, 6) is -0.132. The Morgan fingerprint density at radius 3 is 1.19 bits per heavy atom. The van der Waals surface area contributed by atoms with Gasteiger partial charge >= 0.3 is 0 Å². The van der Waals surface area contributed by atoms with Gasteiger partial charge in [-0.15, -0.1) is 0 Å². The SMILES string of the molecule is CC(=O)NC1(CO)CCC(CO[C@H](C)c2cc(CF)cc(CF)c2)(c2ccccc2)CC1.CCC1(NC(C)=O)CCC(CO[C@H](C)c2cc(CF)cc(CF)c2)(c2ccccc2)CC1. The summed E-state index contributed by atoms with van der Waals surface area (Å²) in [6.45, 7) is 7.34. The number of alkyl halides is 4. The fourth-order valence-corrected chi connectivity index (χ4v) is 9.79. The quantitative estimate of drug-likeness (QED) is 0.0865. The maximum absolute atomic E-state index is 13.2. The van der Waals surface area contributed by atoms with Gasteiger partial charge in [-0.05, 0) is 116 Å². The summed E-state index contributed by atoms with van der Waals surface area (Å²) >= 11 is 0. The predicted octanol–water partition coefficient (Wildman–Crippen LogP) is 11.6. The van der Waals surface area contributed by atoms with Crippen LogP contribution in [0.4, 0.5) is 17.6 Å². The molecular weight excluding hydrogens is 821 g/mol. The monoisotopic (exact) mass is 889 g/mol. The van der Waals surface area contributed by atoms with E-state index in [9.17, 15) is 32.3 Å². The average molecular weight is 889 g/mol.